The van der Waals surface area contributed by atoms with Crippen molar-refractivity contribution in [3.05, 3.63) is 52.0 Å². The molecule has 0 saturated heterocycles. The number of nitrogens with zero attached hydrogens (tertiary/aromatic N) is 3. The molecule has 4 rings (SSSR count). The lowest BCUT2D eigenvalue weighted by Gasteiger charge is -2.18. The Morgan fingerprint density at radius 2 is 2.04 bits per heavy atom. The summed E-state index contributed by atoms with van der Waals surface area (Å²) in [5.74, 6) is 2.73. The van der Waals surface area contributed by atoms with E-state index in [1.165, 1.54) is 10.6 Å². The van der Waals surface area contributed by atoms with E-state index in [0.29, 0.717) is 23.8 Å². The van der Waals surface area contributed by atoms with Gasteiger partial charge in [0, 0.05) is 25.7 Å². The molecule has 0 aliphatic carbocycles. The number of aryl methyl sites for hydroxylation is 1. The van der Waals surface area contributed by atoms with Crippen molar-refractivity contribution in [2.24, 2.45) is 0 Å². The van der Waals surface area contributed by atoms with Gasteiger partial charge in [-0.15, -0.1) is 4.57 Å². The van der Waals surface area contributed by atoms with E-state index in [1.54, 1.807) is 13.0 Å². The summed E-state index contributed by atoms with van der Waals surface area (Å²) >= 11 is 0. The maximum atomic E-state index is 12.1. The summed E-state index contributed by atoms with van der Waals surface area (Å²) in [5.41, 5.74) is 1.31. The normalized spacial score (nSPS) is 12.8. The van der Waals surface area contributed by atoms with Gasteiger partial charge in [-0.3, -0.25) is 4.79 Å². The second kappa shape index (κ2) is 5.05. The fraction of sp³-hybridized carbons (Fsp3) is 0.250. The van der Waals surface area contributed by atoms with Gasteiger partial charge in [0.1, 0.15) is 11.6 Å². The highest BCUT2D eigenvalue weighted by Crippen LogP contribution is 2.32. The van der Waals surface area contributed by atoms with Gasteiger partial charge in [-0.2, -0.15) is 0 Å². The van der Waals surface area contributed by atoms with Crippen LogP contribution >= 0.6 is 0 Å². The van der Waals surface area contributed by atoms with Crippen molar-refractivity contribution in [3.63, 3.8) is 0 Å². The van der Waals surface area contributed by atoms with Gasteiger partial charge in [-0.25, -0.2) is 4.98 Å². The quantitative estimate of drug-likeness (QED) is 0.736. The Morgan fingerprint density at radius 3 is 2.91 bits per heavy atom. The van der Waals surface area contributed by atoms with Crippen molar-refractivity contribution in [3.8, 4) is 11.5 Å². The first-order valence-corrected chi connectivity index (χ1v) is 7.20. The van der Waals surface area contributed by atoms with Crippen molar-refractivity contribution < 1.29 is 14.0 Å². The molecule has 0 spiro atoms. The molecule has 0 amide bonds. The molecule has 0 saturated carbocycles. The molecule has 1 aromatic carbocycles. The second-order valence-electron chi connectivity index (χ2n) is 5.50. The van der Waals surface area contributed by atoms with Gasteiger partial charge < -0.3 is 18.9 Å². The molecule has 1 aliphatic heterocycles. The lowest BCUT2D eigenvalue weighted by Crippen LogP contribution is -2.21. The molecule has 7 heteroatoms. The van der Waals surface area contributed by atoms with Gasteiger partial charge in [0.2, 0.25) is 6.79 Å². The summed E-state index contributed by atoms with van der Waals surface area (Å²) in [5, 5.41) is 0. The first-order valence-electron chi connectivity index (χ1n) is 7.20. The molecular formula is C16H15N3O4. The lowest BCUT2D eigenvalue weighted by atomic mass is 10.2. The van der Waals surface area contributed by atoms with Crippen LogP contribution in [-0.2, 0) is 6.54 Å². The predicted octanol–water partition coefficient (Wildman–Crippen LogP) is 1.96. The number of hydrogen-bond acceptors (Lipinski definition) is 6. The fourth-order valence-corrected chi connectivity index (χ4v) is 2.60. The summed E-state index contributed by atoms with van der Waals surface area (Å²) in [4.78, 5) is 18.5. The van der Waals surface area contributed by atoms with Crippen molar-refractivity contribution in [1.29, 1.82) is 0 Å². The monoisotopic (exact) mass is 313 g/mol. The molecule has 118 valence electrons. The first kappa shape index (κ1) is 13.7. The van der Waals surface area contributed by atoms with E-state index >= 15 is 0 Å². The molecule has 7 nitrogen and oxygen atoms in total. The Morgan fingerprint density at radius 1 is 1.22 bits per heavy atom. The third kappa shape index (κ3) is 2.40. The van der Waals surface area contributed by atoms with E-state index in [-0.39, 0.29) is 12.4 Å². The number of fused-ring (bicyclic) bond motifs is 2. The maximum absolute atomic E-state index is 12.1. The number of anilines is 1. The average molecular weight is 313 g/mol. The summed E-state index contributed by atoms with van der Waals surface area (Å²) in [6, 6.07) is 8.99. The van der Waals surface area contributed by atoms with Crippen molar-refractivity contribution in [2.45, 2.75) is 13.5 Å². The summed E-state index contributed by atoms with van der Waals surface area (Å²) in [6.07, 6.45) is 0. The van der Waals surface area contributed by atoms with Crippen LogP contribution in [0.15, 0.2) is 39.6 Å². The van der Waals surface area contributed by atoms with Crippen LogP contribution in [-0.4, -0.2) is 23.4 Å². The van der Waals surface area contributed by atoms with Gasteiger partial charge in [-0.1, -0.05) is 6.07 Å². The van der Waals surface area contributed by atoms with Crippen LogP contribution in [0.4, 0.5) is 5.82 Å². The molecule has 0 unspecified atom stereocenters. The third-order valence-electron chi connectivity index (χ3n) is 3.71. The highest BCUT2D eigenvalue weighted by Gasteiger charge is 2.15. The molecular weight excluding hydrogens is 298 g/mol. The molecule has 1 aliphatic rings. The van der Waals surface area contributed by atoms with Gasteiger partial charge in [-0.05, 0) is 24.6 Å². The van der Waals surface area contributed by atoms with Crippen LogP contribution in [0, 0.1) is 6.92 Å². The molecule has 2 aromatic heterocycles. The van der Waals surface area contributed by atoms with Crippen molar-refractivity contribution >= 4 is 11.5 Å². The number of ether oxygens (including phenoxy) is 2. The van der Waals surface area contributed by atoms with E-state index in [2.05, 4.69) is 4.98 Å². The topological polar surface area (TPSA) is 69.2 Å². The third-order valence-corrected chi connectivity index (χ3v) is 3.71. The molecule has 0 N–H and O–H groups in total. The van der Waals surface area contributed by atoms with E-state index in [0.717, 1.165) is 17.1 Å². The number of aromatic nitrogens is 2. The standard InChI is InChI=1S/C16H15N3O4/c1-10-5-15-17-14(7-16(20)19(15)23-10)18(2)8-11-3-4-12-13(6-11)22-9-21-12/h3-7H,8-9H2,1-2H3. The van der Waals surface area contributed by atoms with Crippen molar-refractivity contribution in [2.75, 3.05) is 18.7 Å². The number of benzene rings is 1. The molecule has 3 aromatic rings. The van der Waals surface area contributed by atoms with Gasteiger partial charge in [0.25, 0.3) is 5.56 Å². The van der Waals surface area contributed by atoms with Crippen LogP contribution in [0.25, 0.3) is 5.65 Å². The summed E-state index contributed by atoms with van der Waals surface area (Å²) in [7, 11) is 1.88. The van der Waals surface area contributed by atoms with Gasteiger partial charge in [0.05, 0.1) is 0 Å². The lowest BCUT2D eigenvalue weighted by molar-refractivity contribution is 0.174. The van der Waals surface area contributed by atoms with E-state index < -0.39 is 0 Å². The van der Waals surface area contributed by atoms with Gasteiger partial charge in [0.15, 0.2) is 17.1 Å². The second-order valence-corrected chi connectivity index (χ2v) is 5.50. The largest absolute Gasteiger partial charge is 0.454 e. The number of hydrogen-bond donors (Lipinski definition) is 0. The Hall–Kier alpha value is -2.96. The molecule has 0 atom stereocenters. The smallest absolute Gasteiger partial charge is 0.289 e. The van der Waals surface area contributed by atoms with Crippen LogP contribution < -0.4 is 19.9 Å². The highest BCUT2D eigenvalue weighted by molar-refractivity contribution is 5.49. The molecule has 0 bridgehead atoms. The minimum atomic E-state index is -0.240. The average Bonchev–Trinajstić information content (AvgIpc) is 3.12. The predicted molar refractivity (Wildman–Crippen MR) is 83.1 cm³/mol. The fourth-order valence-electron chi connectivity index (χ4n) is 2.60. The maximum Gasteiger partial charge on any atom is 0.289 e. The van der Waals surface area contributed by atoms with Crippen LogP contribution in [0.1, 0.15) is 11.3 Å². The Balaban J connectivity index is 1.64. The zero-order chi connectivity index (χ0) is 16.0. The zero-order valence-electron chi connectivity index (χ0n) is 12.8. The SMILES string of the molecule is Cc1cc2nc(N(C)Cc3ccc4c(c3)OCO4)cc(=O)n2o1. The Labute approximate surface area is 131 Å². The highest BCUT2D eigenvalue weighted by atomic mass is 16.7. The zero-order valence-corrected chi connectivity index (χ0v) is 12.8. The summed E-state index contributed by atoms with van der Waals surface area (Å²) < 4.78 is 17.2. The van der Waals surface area contributed by atoms with E-state index in [1.807, 2.05) is 30.1 Å². The minimum absolute atomic E-state index is 0.240. The molecule has 3 heterocycles. The Kier molecular flexibility index (Phi) is 3.00. The summed E-state index contributed by atoms with van der Waals surface area (Å²) in [6.45, 7) is 2.63. The van der Waals surface area contributed by atoms with Crippen LogP contribution in [0.3, 0.4) is 0 Å². The van der Waals surface area contributed by atoms with Crippen LogP contribution in [0.2, 0.25) is 0 Å². The van der Waals surface area contributed by atoms with E-state index in [4.69, 9.17) is 14.0 Å². The van der Waals surface area contributed by atoms with Crippen molar-refractivity contribution in [1.82, 2.24) is 9.56 Å². The Bertz CT molecular complexity index is 944. The van der Waals surface area contributed by atoms with Gasteiger partial charge >= 0.3 is 0 Å². The number of rotatable bonds is 3. The molecule has 0 fully saturated rings. The minimum Gasteiger partial charge on any atom is -0.454 e. The molecule has 0 radical (unpaired) electrons. The first-order chi connectivity index (χ1) is 11.1. The van der Waals surface area contributed by atoms with Crippen LogP contribution in [0.5, 0.6) is 11.5 Å². The molecule has 23 heavy (non-hydrogen) atoms. The van der Waals surface area contributed by atoms with E-state index in [9.17, 15) is 4.79 Å².